The highest BCUT2D eigenvalue weighted by atomic mass is 79.9. The number of hydrogen-bond donors (Lipinski definition) is 1. The van der Waals surface area contributed by atoms with E-state index < -0.39 is 4.92 Å². The van der Waals surface area contributed by atoms with E-state index in [0.717, 1.165) is 10.0 Å². The number of nitrogens with one attached hydrogen (secondary N) is 1. The van der Waals surface area contributed by atoms with Crippen molar-refractivity contribution in [3.05, 3.63) is 62.2 Å². The Morgan fingerprint density at radius 2 is 2.00 bits per heavy atom. The second kappa shape index (κ2) is 6.00. The Balaban J connectivity index is 2.15. The molecule has 0 spiro atoms. The monoisotopic (exact) mass is 335 g/mol. The Kier molecular flexibility index (Phi) is 4.34. The molecule has 1 N–H and O–H groups in total. The number of hydrogen-bond acceptors (Lipinski definition) is 4. The van der Waals surface area contributed by atoms with E-state index in [1.807, 2.05) is 31.2 Å². The molecule has 6 heteroatoms. The number of halogens is 1. The summed E-state index contributed by atoms with van der Waals surface area (Å²) in [5, 5.41) is 14.0. The summed E-state index contributed by atoms with van der Waals surface area (Å²) < 4.78 is 1.03. The van der Waals surface area contributed by atoms with E-state index >= 15 is 0 Å². The quantitative estimate of drug-likeness (QED) is 0.670. The molecule has 0 radical (unpaired) electrons. The van der Waals surface area contributed by atoms with Crippen LogP contribution in [-0.2, 0) is 0 Å². The average Bonchev–Trinajstić information content (AvgIpc) is 2.39. The molecule has 5 nitrogen and oxygen atoms in total. The standard InChI is InChI=1S/C14H14BrN3O2/c1-9-7-14(16-8-13(9)18(19)20)17-10(2)11-3-5-12(15)6-4-11/h3-8,10H,1-2H3,(H,16,17). The normalized spacial score (nSPS) is 11.9. The number of benzene rings is 1. The minimum atomic E-state index is -0.426. The van der Waals surface area contributed by atoms with Crippen molar-refractivity contribution < 1.29 is 4.92 Å². The van der Waals surface area contributed by atoms with Crippen molar-refractivity contribution in [1.29, 1.82) is 0 Å². The maximum absolute atomic E-state index is 10.7. The van der Waals surface area contributed by atoms with Crippen LogP contribution in [0.15, 0.2) is 41.0 Å². The highest BCUT2D eigenvalue weighted by molar-refractivity contribution is 9.10. The number of rotatable bonds is 4. The summed E-state index contributed by atoms with van der Waals surface area (Å²) in [4.78, 5) is 14.4. The molecule has 1 heterocycles. The van der Waals surface area contributed by atoms with Gasteiger partial charge in [-0.1, -0.05) is 28.1 Å². The Labute approximate surface area is 125 Å². The van der Waals surface area contributed by atoms with E-state index in [2.05, 4.69) is 26.2 Å². The van der Waals surface area contributed by atoms with Gasteiger partial charge in [0.2, 0.25) is 0 Å². The molecule has 0 saturated heterocycles. The summed E-state index contributed by atoms with van der Waals surface area (Å²) >= 11 is 3.40. The van der Waals surface area contributed by atoms with Crippen LogP contribution in [0.5, 0.6) is 0 Å². The lowest BCUT2D eigenvalue weighted by Gasteiger charge is -2.15. The molecule has 1 unspecified atom stereocenters. The van der Waals surface area contributed by atoms with Crippen molar-refractivity contribution in [3.8, 4) is 0 Å². The number of aromatic nitrogens is 1. The van der Waals surface area contributed by atoms with Gasteiger partial charge in [-0.15, -0.1) is 0 Å². The van der Waals surface area contributed by atoms with Gasteiger partial charge in [-0.05, 0) is 37.6 Å². The van der Waals surface area contributed by atoms with Crippen molar-refractivity contribution >= 4 is 27.4 Å². The number of aryl methyl sites for hydroxylation is 1. The number of nitrogens with zero attached hydrogens (tertiary/aromatic N) is 2. The maximum Gasteiger partial charge on any atom is 0.290 e. The summed E-state index contributed by atoms with van der Waals surface area (Å²) in [5.74, 6) is 0.628. The van der Waals surface area contributed by atoms with Crippen molar-refractivity contribution in [2.24, 2.45) is 0 Å². The molecule has 2 aromatic rings. The highest BCUT2D eigenvalue weighted by Gasteiger charge is 2.13. The summed E-state index contributed by atoms with van der Waals surface area (Å²) in [7, 11) is 0. The summed E-state index contributed by atoms with van der Waals surface area (Å²) in [6, 6.07) is 9.73. The van der Waals surface area contributed by atoms with E-state index in [4.69, 9.17) is 0 Å². The molecule has 0 amide bonds. The molecule has 104 valence electrons. The highest BCUT2D eigenvalue weighted by Crippen LogP contribution is 2.23. The zero-order valence-corrected chi connectivity index (χ0v) is 12.7. The van der Waals surface area contributed by atoms with Gasteiger partial charge in [0, 0.05) is 16.1 Å². The molecule has 0 aliphatic rings. The van der Waals surface area contributed by atoms with Crippen molar-refractivity contribution in [2.45, 2.75) is 19.9 Å². The molecular formula is C14H14BrN3O2. The smallest absolute Gasteiger partial charge is 0.290 e. The maximum atomic E-state index is 10.7. The van der Waals surface area contributed by atoms with Crippen LogP contribution in [0.3, 0.4) is 0 Å². The van der Waals surface area contributed by atoms with E-state index in [1.54, 1.807) is 13.0 Å². The van der Waals surface area contributed by atoms with Crippen molar-refractivity contribution in [3.63, 3.8) is 0 Å². The molecule has 1 atom stereocenters. The fourth-order valence-corrected chi connectivity index (χ4v) is 2.14. The van der Waals surface area contributed by atoms with Crippen molar-refractivity contribution in [1.82, 2.24) is 4.98 Å². The lowest BCUT2D eigenvalue weighted by molar-refractivity contribution is -0.385. The van der Waals surface area contributed by atoms with Gasteiger partial charge in [-0.25, -0.2) is 4.98 Å². The van der Waals surface area contributed by atoms with Crippen LogP contribution in [0.25, 0.3) is 0 Å². The third-order valence-electron chi connectivity index (χ3n) is 3.01. The van der Waals surface area contributed by atoms with Crippen LogP contribution in [0.2, 0.25) is 0 Å². The minimum absolute atomic E-state index is 0.0341. The van der Waals surface area contributed by atoms with Crippen LogP contribution in [-0.4, -0.2) is 9.91 Å². The van der Waals surface area contributed by atoms with Gasteiger partial charge in [0.05, 0.1) is 4.92 Å². The molecule has 0 aliphatic carbocycles. The average molecular weight is 336 g/mol. The first-order valence-corrected chi connectivity index (χ1v) is 6.89. The number of pyridine rings is 1. The molecule has 0 saturated carbocycles. The predicted octanol–water partition coefficient (Wildman–Crippen LogP) is 4.23. The SMILES string of the molecule is Cc1cc(NC(C)c2ccc(Br)cc2)ncc1[N+](=O)[O-]. The number of anilines is 1. The van der Waals surface area contributed by atoms with Gasteiger partial charge in [0.25, 0.3) is 5.69 Å². The van der Waals surface area contributed by atoms with Crippen LogP contribution in [0.1, 0.15) is 24.1 Å². The molecule has 20 heavy (non-hydrogen) atoms. The van der Waals surface area contributed by atoms with Crippen molar-refractivity contribution in [2.75, 3.05) is 5.32 Å². The van der Waals surface area contributed by atoms with Crippen LogP contribution >= 0.6 is 15.9 Å². The van der Waals surface area contributed by atoms with E-state index in [9.17, 15) is 10.1 Å². The summed E-state index contributed by atoms with van der Waals surface area (Å²) in [6.07, 6.45) is 1.28. The topological polar surface area (TPSA) is 68.1 Å². The molecule has 0 fully saturated rings. The Morgan fingerprint density at radius 1 is 1.35 bits per heavy atom. The minimum Gasteiger partial charge on any atom is -0.364 e. The van der Waals surface area contributed by atoms with Crippen LogP contribution < -0.4 is 5.32 Å². The first-order valence-electron chi connectivity index (χ1n) is 6.10. The summed E-state index contributed by atoms with van der Waals surface area (Å²) in [6.45, 7) is 3.72. The van der Waals surface area contributed by atoms with E-state index in [-0.39, 0.29) is 11.7 Å². The predicted molar refractivity (Wildman–Crippen MR) is 81.8 cm³/mol. The Hall–Kier alpha value is -1.95. The van der Waals surface area contributed by atoms with E-state index in [1.165, 1.54) is 6.20 Å². The third-order valence-corrected chi connectivity index (χ3v) is 3.54. The molecule has 1 aromatic carbocycles. The molecule has 2 rings (SSSR count). The second-order valence-corrected chi connectivity index (χ2v) is 5.45. The lowest BCUT2D eigenvalue weighted by atomic mass is 10.1. The van der Waals surface area contributed by atoms with Gasteiger partial charge in [-0.2, -0.15) is 0 Å². The van der Waals surface area contributed by atoms with Gasteiger partial charge < -0.3 is 5.32 Å². The van der Waals surface area contributed by atoms with E-state index in [0.29, 0.717) is 11.4 Å². The fourth-order valence-electron chi connectivity index (χ4n) is 1.88. The Morgan fingerprint density at radius 3 is 2.55 bits per heavy atom. The zero-order valence-electron chi connectivity index (χ0n) is 11.1. The van der Waals surface area contributed by atoms with Gasteiger partial charge in [-0.3, -0.25) is 10.1 Å². The first-order chi connectivity index (χ1) is 9.47. The van der Waals surface area contributed by atoms with Gasteiger partial charge >= 0.3 is 0 Å². The van der Waals surface area contributed by atoms with Gasteiger partial charge in [0.1, 0.15) is 12.0 Å². The Bertz CT molecular complexity index is 629. The molecule has 0 bridgehead atoms. The summed E-state index contributed by atoms with van der Waals surface area (Å²) in [5.41, 5.74) is 1.74. The largest absolute Gasteiger partial charge is 0.364 e. The fraction of sp³-hybridized carbons (Fsp3) is 0.214. The lowest BCUT2D eigenvalue weighted by Crippen LogP contribution is -2.08. The molecule has 0 aliphatic heterocycles. The van der Waals surface area contributed by atoms with Crippen LogP contribution in [0, 0.1) is 17.0 Å². The number of nitro groups is 1. The molecule has 1 aromatic heterocycles. The third kappa shape index (κ3) is 3.33. The first kappa shape index (κ1) is 14.5. The van der Waals surface area contributed by atoms with Gasteiger partial charge in [0.15, 0.2) is 0 Å². The molecular weight excluding hydrogens is 322 g/mol. The zero-order chi connectivity index (χ0) is 14.7. The van der Waals surface area contributed by atoms with Crippen LogP contribution in [0.4, 0.5) is 11.5 Å². The second-order valence-electron chi connectivity index (χ2n) is 4.53.